The molecule has 3 aromatic rings. The number of piperidine rings is 1. The number of hydrogen-bond acceptors (Lipinski definition) is 9. The first kappa shape index (κ1) is 30.8. The summed E-state index contributed by atoms with van der Waals surface area (Å²) in [6.07, 6.45) is 10.6. The maximum absolute atomic E-state index is 12.5. The van der Waals surface area contributed by atoms with Gasteiger partial charge in [0.05, 0.1) is 18.7 Å². The summed E-state index contributed by atoms with van der Waals surface area (Å²) in [6.45, 7) is 2.84. The van der Waals surface area contributed by atoms with Crippen LogP contribution in [0.1, 0.15) is 73.0 Å². The number of anilines is 1. The minimum absolute atomic E-state index is 0.0192. The third-order valence-corrected chi connectivity index (χ3v) is 8.28. The lowest BCUT2D eigenvalue weighted by molar-refractivity contribution is -0.138. The van der Waals surface area contributed by atoms with Crippen LogP contribution in [-0.4, -0.2) is 45.2 Å². The number of hydrogen-bond donors (Lipinski definition) is 1. The number of fused-ring (bicyclic) bond motifs is 1. The van der Waals surface area contributed by atoms with Gasteiger partial charge in [0.25, 0.3) is 5.91 Å². The van der Waals surface area contributed by atoms with E-state index in [2.05, 4.69) is 16.3 Å². The van der Waals surface area contributed by atoms with Crippen LogP contribution in [0.3, 0.4) is 0 Å². The van der Waals surface area contributed by atoms with E-state index in [-0.39, 0.29) is 17.7 Å². The van der Waals surface area contributed by atoms with Gasteiger partial charge in [-0.1, -0.05) is 25.7 Å². The molecular formula is C32H37N3O6S. The Morgan fingerprint density at radius 1 is 1.05 bits per heavy atom. The first-order chi connectivity index (χ1) is 20.5. The average molecular weight is 592 g/mol. The van der Waals surface area contributed by atoms with Gasteiger partial charge in [0.1, 0.15) is 28.5 Å². The van der Waals surface area contributed by atoms with Crippen molar-refractivity contribution in [1.29, 1.82) is 5.26 Å². The number of carbonyl (C=O) groups excluding carboxylic acids is 2. The predicted octanol–water partition coefficient (Wildman–Crippen LogP) is 6.07. The summed E-state index contributed by atoms with van der Waals surface area (Å²) in [7, 11) is 1.53. The molecule has 0 unspecified atom stereocenters. The van der Waals surface area contributed by atoms with E-state index in [1.165, 1.54) is 37.4 Å². The van der Waals surface area contributed by atoms with Crippen LogP contribution in [0.5, 0.6) is 5.75 Å². The quantitative estimate of drug-likeness (QED) is 0.0788. The van der Waals surface area contributed by atoms with E-state index in [0.29, 0.717) is 23.3 Å². The summed E-state index contributed by atoms with van der Waals surface area (Å²) in [4.78, 5) is 40.3. The zero-order valence-electron chi connectivity index (χ0n) is 24.0. The topological polar surface area (TPSA) is 122 Å². The molecule has 0 aliphatic carbocycles. The summed E-state index contributed by atoms with van der Waals surface area (Å²) < 4.78 is 15.7. The van der Waals surface area contributed by atoms with Gasteiger partial charge in [-0.05, 0) is 68.5 Å². The fraction of sp³-hybridized carbons (Fsp3) is 0.438. The smallest absolute Gasteiger partial charge is 0.349 e. The molecule has 1 aromatic carbocycles. The highest BCUT2D eigenvalue weighted by Crippen LogP contribution is 2.30. The standard InChI is InChI=1S/C32H37N3O6S/c1-39-25-12-11-23-20-27(32(38)41-28(23)21-25)30(36)34-15-7-4-2-3-5-10-18-40-31(37)24(22-33)19-26-13-14-29(42-26)35-16-8-6-9-17-35/h11-14,19-21H,2-10,15-18H2,1H3,(H,34,36)/b24-19+. The molecule has 2 aromatic heterocycles. The van der Waals surface area contributed by atoms with Crippen molar-refractivity contribution in [3.05, 3.63) is 62.8 Å². The summed E-state index contributed by atoms with van der Waals surface area (Å²) >= 11 is 1.59. The van der Waals surface area contributed by atoms with E-state index in [0.717, 1.165) is 56.5 Å². The maximum Gasteiger partial charge on any atom is 0.349 e. The molecule has 0 bridgehead atoms. The van der Waals surface area contributed by atoms with Gasteiger partial charge in [0.2, 0.25) is 0 Å². The van der Waals surface area contributed by atoms with E-state index in [9.17, 15) is 19.6 Å². The highest BCUT2D eigenvalue weighted by Gasteiger charge is 2.16. The second kappa shape index (κ2) is 15.8. The fourth-order valence-electron chi connectivity index (χ4n) is 4.83. The number of ether oxygens (including phenoxy) is 2. The van der Waals surface area contributed by atoms with Crippen molar-refractivity contribution in [2.45, 2.75) is 57.8 Å². The molecule has 0 atom stereocenters. The van der Waals surface area contributed by atoms with E-state index < -0.39 is 17.5 Å². The Labute approximate surface area is 249 Å². The Bertz CT molecular complexity index is 1500. The number of rotatable bonds is 14. The first-order valence-electron chi connectivity index (χ1n) is 14.5. The predicted molar refractivity (Wildman–Crippen MR) is 164 cm³/mol. The van der Waals surface area contributed by atoms with Gasteiger partial charge in [-0.3, -0.25) is 4.79 Å². The molecule has 0 radical (unpaired) electrons. The van der Waals surface area contributed by atoms with Crippen molar-refractivity contribution in [3.8, 4) is 11.8 Å². The van der Waals surface area contributed by atoms with Crippen LogP contribution in [0.25, 0.3) is 17.0 Å². The molecule has 1 fully saturated rings. The Morgan fingerprint density at radius 3 is 2.57 bits per heavy atom. The molecule has 222 valence electrons. The number of amides is 1. The zero-order valence-corrected chi connectivity index (χ0v) is 24.8. The maximum atomic E-state index is 12.5. The van der Waals surface area contributed by atoms with Crippen LogP contribution in [0.15, 0.2) is 51.2 Å². The lowest BCUT2D eigenvalue weighted by Crippen LogP contribution is -2.29. The largest absolute Gasteiger partial charge is 0.497 e. The van der Waals surface area contributed by atoms with Gasteiger partial charge in [0, 0.05) is 36.0 Å². The number of carbonyl (C=O) groups is 2. The average Bonchev–Trinajstić information content (AvgIpc) is 3.49. The Kier molecular flexibility index (Phi) is 11.6. The van der Waals surface area contributed by atoms with E-state index >= 15 is 0 Å². The van der Waals surface area contributed by atoms with E-state index in [1.54, 1.807) is 35.6 Å². The number of nitriles is 1. The second-order valence-electron chi connectivity index (χ2n) is 10.3. The van der Waals surface area contributed by atoms with Crippen LogP contribution >= 0.6 is 11.3 Å². The first-order valence-corrected chi connectivity index (χ1v) is 15.3. The molecule has 42 heavy (non-hydrogen) atoms. The van der Waals surface area contributed by atoms with Crippen LogP contribution in [-0.2, 0) is 9.53 Å². The highest BCUT2D eigenvalue weighted by atomic mass is 32.1. The summed E-state index contributed by atoms with van der Waals surface area (Å²) in [5.74, 6) is -0.461. The van der Waals surface area contributed by atoms with Crippen molar-refractivity contribution in [2.75, 3.05) is 38.3 Å². The normalized spacial score (nSPS) is 13.5. The SMILES string of the molecule is COc1ccc2cc(C(=O)NCCCCCCCCOC(=O)/C(C#N)=C/c3ccc(N4CCCCC4)s3)c(=O)oc2c1. The van der Waals surface area contributed by atoms with Gasteiger partial charge in [0.15, 0.2) is 0 Å². The van der Waals surface area contributed by atoms with Gasteiger partial charge in [-0.15, -0.1) is 11.3 Å². The molecule has 10 heteroatoms. The third kappa shape index (κ3) is 8.70. The number of nitrogens with zero attached hydrogens (tertiary/aromatic N) is 2. The van der Waals surface area contributed by atoms with E-state index in [4.69, 9.17) is 13.9 Å². The molecule has 9 nitrogen and oxygen atoms in total. The van der Waals surface area contributed by atoms with Crippen molar-refractivity contribution in [2.24, 2.45) is 0 Å². The van der Waals surface area contributed by atoms with Gasteiger partial charge in [-0.25, -0.2) is 9.59 Å². The fourth-order valence-corrected chi connectivity index (χ4v) is 5.84. The van der Waals surface area contributed by atoms with Crippen molar-refractivity contribution < 1.29 is 23.5 Å². The molecule has 0 saturated carbocycles. The highest BCUT2D eigenvalue weighted by molar-refractivity contribution is 7.17. The number of nitrogens with one attached hydrogen (secondary N) is 1. The number of benzene rings is 1. The lowest BCUT2D eigenvalue weighted by Gasteiger charge is -2.27. The molecule has 1 aliphatic rings. The second-order valence-corrected chi connectivity index (χ2v) is 11.4. The minimum atomic E-state index is -0.681. The van der Waals surface area contributed by atoms with Gasteiger partial charge >= 0.3 is 11.6 Å². The number of thiophene rings is 1. The van der Waals surface area contributed by atoms with Crippen molar-refractivity contribution in [1.82, 2.24) is 5.32 Å². The van der Waals surface area contributed by atoms with E-state index in [1.807, 2.05) is 12.1 Å². The number of methoxy groups -OCH3 is 1. The van der Waals surface area contributed by atoms with Crippen molar-refractivity contribution in [3.63, 3.8) is 0 Å². The van der Waals surface area contributed by atoms with Crippen LogP contribution in [0.4, 0.5) is 5.00 Å². The molecule has 3 heterocycles. The van der Waals surface area contributed by atoms with Crippen LogP contribution in [0, 0.1) is 11.3 Å². The molecule has 0 spiro atoms. The Hall–Kier alpha value is -4.10. The minimum Gasteiger partial charge on any atom is -0.497 e. The molecular weight excluding hydrogens is 554 g/mol. The summed E-state index contributed by atoms with van der Waals surface area (Å²) in [5.41, 5.74) is -0.312. The molecule has 1 amide bonds. The Morgan fingerprint density at radius 2 is 1.81 bits per heavy atom. The molecule has 1 N–H and O–H groups in total. The number of unbranched alkanes of at least 4 members (excludes halogenated alkanes) is 5. The number of esters is 1. The molecule has 1 saturated heterocycles. The zero-order chi connectivity index (χ0) is 29.7. The summed E-state index contributed by atoms with van der Waals surface area (Å²) in [6, 6.07) is 12.6. The molecule has 4 rings (SSSR count). The van der Waals surface area contributed by atoms with Gasteiger partial charge in [-0.2, -0.15) is 5.26 Å². The van der Waals surface area contributed by atoms with Crippen LogP contribution < -0.4 is 20.6 Å². The lowest BCUT2D eigenvalue weighted by atomic mass is 10.1. The van der Waals surface area contributed by atoms with Crippen molar-refractivity contribution >= 4 is 45.3 Å². The van der Waals surface area contributed by atoms with Gasteiger partial charge < -0.3 is 24.1 Å². The van der Waals surface area contributed by atoms with Crippen LogP contribution in [0.2, 0.25) is 0 Å². The Balaban J connectivity index is 1.08. The summed E-state index contributed by atoms with van der Waals surface area (Å²) in [5, 5.41) is 14.1. The third-order valence-electron chi connectivity index (χ3n) is 7.18. The monoisotopic (exact) mass is 591 g/mol. The molecule has 1 aliphatic heterocycles.